The Labute approximate surface area is 207 Å². The Morgan fingerprint density at radius 1 is 1.17 bits per heavy atom. The molecule has 2 aromatic rings. The Morgan fingerprint density at radius 2 is 1.97 bits per heavy atom. The maximum absolute atomic E-state index is 13.6. The lowest BCUT2D eigenvalue weighted by atomic mass is 10.1. The molecule has 2 aliphatic heterocycles. The average molecular weight is 526 g/mol. The van der Waals surface area contributed by atoms with E-state index in [4.69, 9.17) is 0 Å². The molecule has 0 aromatic carbocycles. The molecule has 2 saturated heterocycles. The standard InChI is InChI=1S/C22H35N7O4S2/c1-3-4-13-34(30,31)28-10-6-18(15-28)14-26(2)35(32,33)29-12-11-27(16-22(29)7-8-22)21-19-5-9-23-20(19)24-17-25-21/h5,9,17-18H,3-4,6-8,10-16H2,1-2H3,(H,23,24,25). The minimum atomic E-state index is -3.67. The van der Waals surface area contributed by atoms with Crippen LogP contribution in [0, 0.1) is 5.92 Å². The number of anilines is 1. The highest BCUT2D eigenvalue weighted by Gasteiger charge is 2.57. The zero-order chi connectivity index (χ0) is 24.8. The molecule has 0 bridgehead atoms. The molecule has 4 heterocycles. The molecule has 0 radical (unpaired) electrons. The minimum Gasteiger partial charge on any atom is -0.353 e. The predicted molar refractivity (Wildman–Crippen MR) is 135 cm³/mol. The van der Waals surface area contributed by atoms with Gasteiger partial charge in [0.15, 0.2) is 0 Å². The number of hydrogen-bond acceptors (Lipinski definition) is 7. The van der Waals surface area contributed by atoms with Crippen molar-refractivity contribution in [1.82, 2.24) is 27.9 Å². The summed E-state index contributed by atoms with van der Waals surface area (Å²) in [5, 5.41) is 0.941. The molecule has 3 fully saturated rings. The van der Waals surface area contributed by atoms with Gasteiger partial charge in [0.1, 0.15) is 17.8 Å². The lowest BCUT2D eigenvalue weighted by Crippen LogP contribution is -2.60. The van der Waals surface area contributed by atoms with Crippen LogP contribution in [0.15, 0.2) is 18.6 Å². The summed E-state index contributed by atoms with van der Waals surface area (Å²) in [6.07, 6.45) is 7.19. The second-order valence-corrected chi connectivity index (χ2v) is 14.2. The average Bonchev–Trinajstić information content (AvgIpc) is 3.23. The first-order valence-electron chi connectivity index (χ1n) is 12.4. The lowest BCUT2D eigenvalue weighted by molar-refractivity contribution is 0.245. The topological polar surface area (TPSA) is 123 Å². The monoisotopic (exact) mass is 525 g/mol. The fourth-order valence-corrected chi connectivity index (χ4v) is 8.96. The first-order valence-corrected chi connectivity index (χ1v) is 15.4. The Kier molecular flexibility index (Phi) is 6.58. The highest BCUT2D eigenvalue weighted by molar-refractivity contribution is 7.89. The van der Waals surface area contributed by atoms with Crippen molar-refractivity contribution in [2.45, 2.75) is 44.6 Å². The quantitative estimate of drug-likeness (QED) is 0.523. The Balaban J connectivity index is 1.25. The molecule has 1 unspecified atom stereocenters. The Morgan fingerprint density at radius 3 is 2.71 bits per heavy atom. The van der Waals surface area contributed by atoms with Crippen molar-refractivity contribution in [2.24, 2.45) is 5.92 Å². The third-order valence-corrected chi connectivity index (χ3v) is 11.6. The van der Waals surface area contributed by atoms with E-state index in [1.54, 1.807) is 15.7 Å². The highest BCUT2D eigenvalue weighted by Crippen LogP contribution is 2.47. The molecule has 2 aromatic heterocycles. The molecular weight excluding hydrogens is 490 g/mol. The maximum atomic E-state index is 13.6. The molecule has 0 amide bonds. The van der Waals surface area contributed by atoms with Crippen molar-refractivity contribution in [3.63, 3.8) is 0 Å². The fraction of sp³-hybridized carbons (Fsp3) is 0.727. The van der Waals surface area contributed by atoms with Gasteiger partial charge in [-0.2, -0.15) is 17.0 Å². The first-order chi connectivity index (χ1) is 16.7. The van der Waals surface area contributed by atoms with Crippen molar-refractivity contribution in [2.75, 3.05) is 57.0 Å². The predicted octanol–water partition coefficient (Wildman–Crippen LogP) is 1.24. The highest BCUT2D eigenvalue weighted by atomic mass is 32.2. The normalized spacial score (nSPS) is 23.6. The summed E-state index contributed by atoms with van der Waals surface area (Å²) < 4.78 is 57.0. The van der Waals surface area contributed by atoms with E-state index >= 15 is 0 Å². The largest absolute Gasteiger partial charge is 0.353 e. The van der Waals surface area contributed by atoms with Crippen LogP contribution in [0.5, 0.6) is 0 Å². The zero-order valence-corrected chi connectivity index (χ0v) is 22.1. The van der Waals surface area contributed by atoms with Gasteiger partial charge in [-0.15, -0.1) is 0 Å². The van der Waals surface area contributed by atoms with Crippen LogP contribution in [0.2, 0.25) is 0 Å². The summed E-state index contributed by atoms with van der Waals surface area (Å²) in [4.78, 5) is 14.0. The van der Waals surface area contributed by atoms with E-state index in [9.17, 15) is 16.8 Å². The molecule has 35 heavy (non-hydrogen) atoms. The van der Waals surface area contributed by atoms with Crippen LogP contribution in [0.1, 0.15) is 39.0 Å². The number of fused-ring (bicyclic) bond motifs is 1. The van der Waals surface area contributed by atoms with Crippen LogP contribution in [0.3, 0.4) is 0 Å². The van der Waals surface area contributed by atoms with Crippen molar-refractivity contribution in [3.05, 3.63) is 18.6 Å². The second kappa shape index (κ2) is 9.25. The van der Waals surface area contributed by atoms with Crippen LogP contribution >= 0.6 is 0 Å². The Hall–Kier alpha value is -1.80. The van der Waals surface area contributed by atoms with Gasteiger partial charge < -0.3 is 9.88 Å². The molecule has 11 nitrogen and oxygen atoms in total. The molecule has 5 rings (SSSR count). The third kappa shape index (κ3) is 4.68. The van der Waals surface area contributed by atoms with Crippen LogP contribution < -0.4 is 4.90 Å². The van der Waals surface area contributed by atoms with E-state index < -0.39 is 25.8 Å². The van der Waals surface area contributed by atoms with Gasteiger partial charge in [-0.25, -0.2) is 22.7 Å². The number of nitrogens with zero attached hydrogens (tertiary/aromatic N) is 6. The number of sulfonamides is 1. The number of aromatic nitrogens is 3. The van der Waals surface area contributed by atoms with Gasteiger partial charge in [-0.05, 0) is 37.7 Å². The molecule has 3 aliphatic rings. The summed E-state index contributed by atoms with van der Waals surface area (Å²) >= 11 is 0. The molecule has 1 atom stereocenters. The van der Waals surface area contributed by atoms with E-state index in [2.05, 4.69) is 19.9 Å². The number of piperazine rings is 1. The van der Waals surface area contributed by atoms with Gasteiger partial charge in [0, 0.05) is 52.5 Å². The molecular formula is C22H35N7O4S2. The van der Waals surface area contributed by atoms with Gasteiger partial charge in [0.2, 0.25) is 10.0 Å². The number of nitrogens with one attached hydrogen (secondary N) is 1. The van der Waals surface area contributed by atoms with E-state index in [-0.39, 0.29) is 11.7 Å². The number of hydrogen-bond donors (Lipinski definition) is 1. The van der Waals surface area contributed by atoms with Crippen LogP contribution in [0.25, 0.3) is 11.0 Å². The van der Waals surface area contributed by atoms with Crippen LogP contribution in [0.4, 0.5) is 5.82 Å². The number of H-pyrrole nitrogens is 1. The van der Waals surface area contributed by atoms with Gasteiger partial charge in [-0.1, -0.05) is 13.3 Å². The van der Waals surface area contributed by atoms with Gasteiger partial charge in [0.25, 0.3) is 10.2 Å². The summed E-state index contributed by atoms with van der Waals surface area (Å²) in [5.41, 5.74) is 0.362. The fourth-order valence-electron chi connectivity index (χ4n) is 5.45. The van der Waals surface area contributed by atoms with Crippen molar-refractivity contribution in [3.8, 4) is 0 Å². The van der Waals surface area contributed by atoms with Gasteiger partial charge >= 0.3 is 0 Å². The third-order valence-electron chi connectivity index (χ3n) is 7.63. The first kappa shape index (κ1) is 24.9. The lowest BCUT2D eigenvalue weighted by Gasteiger charge is -2.43. The van der Waals surface area contributed by atoms with Crippen LogP contribution in [-0.4, -0.2) is 102 Å². The summed E-state index contributed by atoms with van der Waals surface area (Å²) in [6, 6.07) is 1.95. The van der Waals surface area contributed by atoms with Gasteiger partial charge in [-0.3, -0.25) is 0 Å². The van der Waals surface area contributed by atoms with Crippen molar-refractivity contribution < 1.29 is 16.8 Å². The van der Waals surface area contributed by atoms with Crippen molar-refractivity contribution in [1.29, 1.82) is 0 Å². The van der Waals surface area contributed by atoms with E-state index in [1.807, 2.05) is 19.2 Å². The molecule has 1 N–H and O–H groups in total. The molecule has 1 spiro atoms. The number of rotatable bonds is 9. The second-order valence-electron chi connectivity index (χ2n) is 10.1. The van der Waals surface area contributed by atoms with Crippen molar-refractivity contribution >= 4 is 37.1 Å². The van der Waals surface area contributed by atoms with Crippen LogP contribution in [-0.2, 0) is 20.2 Å². The number of aromatic amines is 1. The zero-order valence-electron chi connectivity index (χ0n) is 20.4. The number of unbranched alkanes of at least 4 members (excludes halogenated alkanes) is 1. The molecule has 194 valence electrons. The Bertz CT molecular complexity index is 1280. The summed E-state index contributed by atoms with van der Waals surface area (Å²) in [7, 11) is -5.30. The van der Waals surface area contributed by atoms with E-state index in [0.717, 1.165) is 36.1 Å². The molecule has 1 saturated carbocycles. The molecule has 13 heteroatoms. The van der Waals surface area contributed by atoms with Gasteiger partial charge in [0.05, 0.1) is 16.7 Å². The smallest absolute Gasteiger partial charge is 0.282 e. The minimum absolute atomic E-state index is 0.00510. The molecule has 1 aliphatic carbocycles. The van der Waals surface area contributed by atoms with E-state index in [0.29, 0.717) is 52.1 Å². The SMILES string of the molecule is CCCCS(=O)(=O)N1CCC(CN(C)S(=O)(=O)N2CCN(c3ncnc4[nH]ccc34)CC23CC3)C1. The summed E-state index contributed by atoms with van der Waals surface area (Å²) in [5.74, 6) is 1.01. The maximum Gasteiger partial charge on any atom is 0.282 e. The summed E-state index contributed by atoms with van der Waals surface area (Å²) in [6.45, 7) is 4.72. The van der Waals surface area contributed by atoms with E-state index in [1.165, 1.54) is 10.6 Å².